The summed E-state index contributed by atoms with van der Waals surface area (Å²) in [6, 6.07) is 8.31. The molecule has 1 amide bonds. The van der Waals surface area contributed by atoms with E-state index in [4.69, 9.17) is 0 Å². The van der Waals surface area contributed by atoms with E-state index in [0.717, 1.165) is 22.6 Å². The minimum absolute atomic E-state index is 0.0257. The predicted octanol–water partition coefficient (Wildman–Crippen LogP) is 4.91. The number of allylic oxidation sites excluding steroid dienone is 10. The molecule has 1 aromatic carbocycles. The number of benzene rings is 1. The van der Waals surface area contributed by atoms with Crippen molar-refractivity contribution in [1.29, 1.82) is 0 Å². The zero-order valence-corrected chi connectivity index (χ0v) is 17.2. The van der Waals surface area contributed by atoms with Crippen LogP contribution in [0.3, 0.4) is 0 Å². The molecule has 33 heavy (non-hydrogen) atoms. The molecule has 0 spiro atoms. The number of aromatic nitrogens is 1. The first kappa shape index (κ1) is 20.9. The molecule has 3 aliphatic carbocycles. The summed E-state index contributed by atoms with van der Waals surface area (Å²) in [5.74, 6) is -0.930. The van der Waals surface area contributed by atoms with Crippen LogP contribution in [0.1, 0.15) is 28.3 Å². The number of carbonyl (C=O) groups excluding carboxylic acids is 1. The SMILES string of the molecule is O=NC(=O)c1cccc(-n2c(=C3C=CC=C(C(F)(F)F)C3)cc3c2=CC=C2C=CC=CC23)c1. The first-order valence-corrected chi connectivity index (χ1v) is 10.3. The van der Waals surface area contributed by atoms with Crippen LogP contribution < -0.4 is 10.7 Å². The Hall–Kier alpha value is -4.00. The van der Waals surface area contributed by atoms with Crippen molar-refractivity contribution in [3.63, 3.8) is 0 Å². The highest BCUT2D eigenvalue weighted by Gasteiger charge is 2.34. The highest BCUT2D eigenvalue weighted by Crippen LogP contribution is 2.34. The molecule has 7 heteroatoms. The Morgan fingerprint density at radius 1 is 1.03 bits per heavy atom. The zero-order chi connectivity index (χ0) is 23.2. The van der Waals surface area contributed by atoms with Crippen molar-refractivity contribution in [2.75, 3.05) is 0 Å². The number of nitrogens with zero attached hydrogens (tertiary/aromatic N) is 2. The fourth-order valence-electron chi connectivity index (χ4n) is 4.46. The van der Waals surface area contributed by atoms with Gasteiger partial charge in [0.05, 0.1) is 10.7 Å². The summed E-state index contributed by atoms with van der Waals surface area (Å²) < 4.78 is 42.2. The van der Waals surface area contributed by atoms with Crippen LogP contribution in [-0.4, -0.2) is 16.7 Å². The van der Waals surface area contributed by atoms with Crippen molar-refractivity contribution < 1.29 is 18.0 Å². The molecule has 0 aliphatic heterocycles. The monoisotopic (exact) mass is 446 g/mol. The van der Waals surface area contributed by atoms with E-state index in [1.807, 2.05) is 47.1 Å². The number of fused-ring (bicyclic) bond motifs is 3. The number of amides is 1. The Morgan fingerprint density at radius 3 is 2.67 bits per heavy atom. The molecule has 1 atom stereocenters. The number of carbonyl (C=O) groups is 1. The third-order valence-electron chi connectivity index (χ3n) is 6.00. The van der Waals surface area contributed by atoms with Crippen LogP contribution in [0.5, 0.6) is 0 Å². The van der Waals surface area contributed by atoms with Gasteiger partial charge in [-0.15, -0.1) is 4.91 Å². The van der Waals surface area contributed by atoms with Gasteiger partial charge in [-0.05, 0) is 47.1 Å². The van der Waals surface area contributed by atoms with Crippen molar-refractivity contribution in [2.45, 2.75) is 18.5 Å². The second-order valence-corrected chi connectivity index (χ2v) is 7.96. The lowest BCUT2D eigenvalue weighted by Gasteiger charge is -2.19. The van der Waals surface area contributed by atoms with E-state index in [-0.39, 0.29) is 17.9 Å². The van der Waals surface area contributed by atoms with Crippen molar-refractivity contribution in [3.8, 4) is 5.69 Å². The maximum absolute atomic E-state index is 13.5. The summed E-state index contributed by atoms with van der Waals surface area (Å²) in [7, 11) is 0. The van der Waals surface area contributed by atoms with Crippen LogP contribution in [0, 0.1) is 4.91 Å². The number of halogens is 3. The molecule has 4 nitrogen and oxygen atoms in total. The molecule has 5 rings (SSSR count). The lowest BCUT2D eigenvalue weighted by molar-refractivity contribution is -0.0927. The predicted molar refractivity (Wildman–Crippen MR) is 120 cm³/mol. The average Bonchev–Trinajstić information content (AvgIpc) is 3.23. The summed E-state index contributed by atoms with van der Waals surface area (Å²) in [6.07, 6.45) is 11.3. The molecule has 0 bridgehead atoms. The second kappa shape index (κ2) is 7.85. The van der Waals surface area contributed by atoms with Gasteiger partial charge in [-0.25, -0.2) is 0 Å². The third-order valence-corrected chi connectivity index (χ3v) is 6.00. The molecule has 0 saturated heterocycles. The van der Waals surface area contributed by atoms with Gasteiger partial charge in [0, 0.05) is 34.3 Å². The van der Waals surface area contributed by atoms with Gasteiger partial charge in [0.1, 0.15) is 0 Å². The van der Waals surface area contributed by atoms with E-state index < -0.39 is 17.7 Å². The van der Waals surface area contributed by atoms with E-state index in [2.05, 4.69) is 5.18 Å². The molecular weight excluding hydrogens is 429 g/mol. The van der Waals surface area contributed by atoms with E-state index in [9.17, 15) is 22.9 Å². The van der Waals surface area contributed by atoms with Gasteiger partial charge < -0.3 is 4.57 Å². The summed E-state index contributed by atoms with van der Waals surface area (Å²) in [5, 5.41) is 3.90. The third kappa shape index (κ3) is 3.65. The van der Waals surface area contributed by atoms with Gasteiger partial charge in [-0.3, -0.25) is 4.79 Å². The summed E-state index contributed by atoms with van der Waals surface area (Å²) in [6.45, 7) is 0. The lowest BCUT2D eigenvalue weighted by Crippen LogP contribution is -2.29. The highest BCUT2D eigenvalue weighted by molar-refractivity contribution is 5.95. The van der Waals surface area contributed by atoms with Crippen LogP contribution in [0.2, 0.25) is 0 Å². The number of alkyl halides is 3. The normalized spacial score (nSPS) is 20.4. The number of hydrogen-bond donors (Lipinski definition) is 0. The van der Waals surface area contributed by atoms with Crippen molar-refractivity contribution in [2.24, 2.45) is 5.18 Å². The first-order chi connectivity index (χ1) is 15.9. The Kier molecular flexibility index (Phi) is 4.96. The van der Waals surface area contributed by atoms with Gasteiger partial charge in [-0.1, -0.05) is 54.7 Å². The van der Waals surface area contributed by atoms with Crippen molar-refractivity contribution >= 4 is 17.6 Å². The molecule has 0 fully saturated rings. The maximum atomic E-state index is 13.5. The second-order valence-electron chi connectivity index (χ2n) is 7.96. The molecule has 1 heterocycles. The van der Waals surface area contributed by atoms with Gasteiger partial charge in [0.25, 0.3) is 0 Å². The minimum atomic E-state index is -4.42. The van der Waals surface area contributed by atoms with Gasteiger partial charge >= 0.3 is 12.1 Å². The van der Waals surface area contributed by atoms with E-state index in [1.165, 1.54) is 18.2 Å². The minimum Gasteiger partial charge on any atom is -0.310 e. The molecule has 164 valence electrons. The van der Waals surface area contributed by atoms with Crippen molar-refractivity contribution in [3.05, 3.63) is 117 Å². The van der Waals surface area contributed by atoms with Crippen LogP contribution in [-0.2, 0) is 0 Å². The summed E-state index contributed by atoms with van der Waals surface area (Å²) in [4.78, 5) is 22.7. The van der Waals surface area contributed by atoms with Crippen LogP contribution >= 0.6 is 0 Å². The topological polar surface area (TPSA) is 51.4 Å². The van der Waals surface area contributed by atoms with E-state index >= 15 is 0 Å². The Labute approximate surface area is 186 Å². The largest absolute Gasteiger partial charge is 0.413 e. The average molecular weight is 446 g/mol. The summed E-state index contributed by atoms with van der Waals surface area (Å²) >= 11 is 0. The molecule has 0 saturated carbocycles. The van der Waals surface area contributed by atoms with E-state index in [1.54, 1.807) is 18.2 Å². The van der Waals surface area contributed by atoms with Gasteiger partial charge in [-0.2, -0.15) is 13.2 Å². The fourth-order valence-corrected chi connectivity index (χ4v) is 4.46. The van der Waals surface area contributed by atoms with Gasteiger partial charge in [0.15, 0.2) is 0 Å². The van der Waals surface area contributed by atoms with Crippen LogP contribution in [0.15, 0.2) is 95.3 Å². The standard InChI is InChI=1S/C26H17F3N2O2/c27-26(28,29)19-8-3-6-17(13-19)24-15-22-21-10-2-1-5-16(21)11-12-23(22)31(24)20-9-4-7-18(14-20)25(32)30-33/h1-12,14-15,21H,13H2. The van der Waals surface area contributed by atoms with Crippen molar-refractivity contribution in [1.82, 2.24) is 4.57 Å². The smallest absolute Gasteiger partial charge is 0.310 e. The highest BCUT2D eigenvalue weighted by atomic mass is 19.4. The Morgan fingerprint density at radius 2 is 1.88 bits per heavy atom. The summed E-state index contributed by atoms with van der Waals surface area (Å²) in [5.41, 5.74) is 2.61. The molecule has 0 N–H and O–H groups in total. The quantitative estimate of drug-likeness (QED) is 0.616. The lowest BCUT2D eigenvalue weighted by atomic mass is 9.86. The Bertz CT molecular complexity index is 1460. The fraction of sp³-hybridized carbons (Fsp3) is 0.115. The number of rotatable bonds is 2. The molecular formula is C26H17F3N2O2. The molecule has 2 aromatic rings. The van der Waals surface area contributed by atoms with Crippen LogP contribution in [0.4, 0.5) is 13.2 Å². The number of hydrogen-bond acceptors (Lipinski definition) is 2. The van der Waals surface area contributed by atoms with Crippen LogP contribution in [0.25, 0.3) is 17.3 Å². The molecule has 0 radical (unpaired) electrons. The first-order valence-electron chi connectivity index (χ1n) is 10.3. The molecule has 3 aliphatic rings. The number of nitroso groups, excluding NO2 is 1. The van der Waals surface area contributed by atoms with E-state index in [0.29, 0.717) is 16.6 Å². The maximum Gasteiger partial charge on any atom is 0.413 e. The zero-order valence-electron chi connectivity index (χ0n) is 17.2. The van der Waals surface area contributed by atoms with Gasteiger partial charge in [0.2, 0.25) is 0 Å². The molecule has 1 unspecified atom stereocenters. The Balaban J connectivity index is 1.79. The molecule has 1 aromatic heterocycles.